The molecule has 2 aromatic rings. The van der Waals surface area contributed by atoms with Crippen LogP contribution in [0.1, 0.15) is 10.4 Å². The Morgan fingerprint density at radius 3 is 3.21 bits per heavy atom. The number of amides is 1. The van der Waals surface area contributed by atoms with Gasteiger partial charge in [0.1, 0.15) is 6.04 Å². The first-order valence-corrected chi connectivity index (χ1v) is 7.20. The van der Waals surface area contributed by atoms with Gasteiger partial charge in [0.25, 0.3) is 0 Å². The van der Waals surface area contributed by atoms with E-state index in [-0.39, 0.29) is 11.9 Å². The molecule has 1 aliphatic rings. The molecular formula is C13H12ClN3OS. The van der Waals surface area contributed by atoms with Crippen LogP contribution in [0.4, 0.5) is 5.69 Å². The fourth-order valence-electron chi connectivity index (χ4n) is 2.11. The molecule has 1 atom stereocenters. The van der Waals surface area contributed by atoms with Gasteiger partial charge < -0.3 is 10.6 Å². The minimum absolute atomic E-state index is 0.0133. The molecule has 3 rings (SSSR count). The van der Waals surface area contributed by atoms with Crippen molar-refractivity contribution in [3.05, 3.63) is 45.4 Å². The van der Waals surface area contributed by atoms with E-state index in [1.807, 2.05) is 23.6 Å². The predicted octanol–water partition coefficient (Wildman–Crippen LogP) is 2.45. The number of nitrogens with zero attached hydrogens (tertiary/aromatic N) is 1. The second kappa shape index (κ2) is 5.19. The van der Waals surface area contributed by atoms with Crippen LogP contribution in [0.3, 0.4) is 0 Å². The average molecular weight is 294 g/mol. The lowest BCUT2D eigenvalue weighted by molar-refractivity contribution is -0.121. The molecule has 0 aromatic carbocycles. The Morgan fingerprint density at radius 1 is 1.58 bits per heavy atom. The van der Waals surface area contributed by atoms with Crippen LogP contribution in [0, 0.1) is 0 Å². The van der Waals surface area contributed by atoms with Crippen LogP contribution in [0.2, 0.25) is 5.15 Å². The zero-order valence-corrected chi connectivity index (χ0v) is 11.6. The predicted molar refractivity (Wildman–Crippen MR) is 76.5 cm³/mol. The number of hydrogen-bond acceptors (Lipinski definition) is 4. The number of carbonyl (C=O) groups excluding carboxylic acids is 1. The van der Waals surface area contributed by atoms with Crippen LogP contribution < -0.4 is 10.6 Å². The Labute approximate surface area is 119 Å². The molecule has 0 bridgehead atoms. The monoisotopic (exact) mass is 293 g/mol. The quantitative estimate of drug-likeness (QED) is 0.855. The summed E-state index contributed by atoms with van der Waals surface area (Å²) in [7, 11) is 0. The Hall–Kier alpha value is -1.59. The molecule has 2 N–H and O–H groups in total. The summed E-state index contributed by atoms with van der Waals surface area (Å²) in [6.07, 6.45) is 2.31. The Bertz CT molecular complexity index is 600. The second-order valence-corrected chi connectivity index (χ2v) is 5.72. The maximum absolute atomic E-state index is 12.1. The lowest BCUT2D eigenvalue weighted by atomic mass is 10.1. The van der Waals surface area contributed by atoms with Crippen LogP contribution >= 0.6 is 22.9 Å². The molecule has 3 heterocycles. The molecule has 0 saturated heterocycles. The molecule has 1 unspecified atom stereocenters. The molecule has 0 spiro atoms. The summed E-state index contributed by atoms with van der Waals surface area (Å²) < 4.78 is 0. The van der Waals surface area contributed by atoms with Gasteiger partial charge in [-0.3, -0.25) is 4.79 Å². The number of rotatable bonds is 3. The summed E-state index contributed by atoms with van der Waals surface area (Å²) in [4.78, 5) is 17.2. The summed E-state index contributed by atoms with van der Waals surface area (Å²) in [6, 6.07) is 5.60. The molecule has 1 amide bonds. The number of thiophene rings is 1. The highest BCUT2D eigenvalue weighted by molar-refractivity contribution is 7.09. The zero-order chi connectivity index (χ0) is 13.2. The highest BCUT2D eigenvalue weighted by Crippen LogP contribution is 2.31. The van der Waals surface area contributed by atoms with Gasteiger partial charge in [0.15, 0.2) is 5.15 Å². The first-order chi connectivity index (χ1) is 9.24. The summed E-state index contributed by atoms with van der Waals surface area (Å²) in [5.41, 5.74) is 1.82. The second-order valence-electron chi connectivity index (χ2n) is 4.33. The number of fused-ring (bicyclic) bond motifs is 1. The number of aromatic nitrogens is 1. The van der Waals surface area contributed by atoms with Crippen molar-refractivity contribution >= 4 is 34.5 Å². The molecule has 1 aliphatic heterocycles. The number of pyridine rings is 1. The van der Waals surface area contributed by atoms with Gasteiger partial charge in [0, 0.05) is 17.5 Å². The molecule has 19 heavy (non-hydrogen) atoms. The molecule has 0 fully saturated rings. The normalized spacial score (nSPS) is 16.8. The van der Waals surface area contributed by atoms with Gasteiger partial charge in [-0.15, -0.1) is 11.3 Å². The van der Waals surface area contributed by atoms with Gasteiger partial charge in [-0.1, -0.05) is 17.7 Å². The smallest absolute Gasteiger partial charge is 0.243 e. The minimum Gasteiger partial charge on any atom is -0.371 e. The van der Waals surface area contributed by atoms with Crippen molar-refractivity contribution in [2.24, 2.45) is 0 Å². The van der Waals surface area contributed by atoms with E-state index in [1.54, 1.807) is 17.5 Å². The van der Waals surface area contributed by atoms with Crippen LogP contribution in [-0.2, 0) is 17.8 Å². The van der Waals surface area contributed by atoms with E-state index in [2.05, 4.69) is 15.6 Å². The van der Waals surface area contributed by atoms with Gasteiger partial charge in [0.2, 0.25) is 5.91 Å². The van der Waals surface area contributed by atoms with Crippen LogP contribution in [0.25, 0.3) is 0 Å². The maximum atomic E-state index is 12.1. The first kappa shape index (κ1) is 12.4. The third-order valence-electron chi connectivity index (χ3n) is 3.07. The molecule has 6 heteroatoms. The minimum atomic E-state index is -0.267. The lowest BCUT2D eigenvalue weighted by Gasteiger charge is -2.11. The zero-order valence-electron chi connectivity index (χ0n) is 10.0. The SMILES string of the molecule is O=C(NCc1cccs1)C1Cc2ccnc(Cl)c2N1. The molecule has 0 radical (unpaired) electrons. The Kier molecular flexibility index (Phi) is 3.40. The van der Waals surface area contributed by atoms with Crippen molar-refractivity contribution in [1.29, 1.82) is 0 Å². The largest absolute Gasteiger partial charge is 0.371 e. The fraction of sp³-hybridized carbons (Fsp3) is 0.231. The summed E-state index contributed by atoms with van der Waals surface area (Å²) in [5.74, 6) is -0.0133. The Morgan fingerprint density at radius 2 is 2.47 bits per heavy atom. The van der Waals surface area contributed by atoms with Crippen molar-refractivity contribution in [1.82, 2.24) is 10.3 Å². The highest BCUT2D eigenvalue weighted by Gasteiger charge is 2.28. The Balaban J connectivity index is 1.63. The lowest BCUT2D eigenvalue weighted by Crippen LogP contribution is -2.37. The molecule has 0 aliphatic carbocycles. The first-order valence-electron chi connectivity index (χ1n) is 5.94. The summed E-state index contributed by atoms with van der Waals surface area (Å²) in [6.45, 7) is 0.566. The molecule has 98 valence electrons. The van der Waals surface area contributed by atoms with Crippen molar-refractivity contribution < 1.29 is 4.79 Å². The van der Waals surface area contributed by atoms with Gasteiger partial charge in [-0.2, -0.15) is 0 Å². The van der Waals surface area contributed by atoms with E-state index in [0.29, 0.717) is 18.1 Å². The number of hydrogen-bond donors (Lipinski definition) is 2. The standard InChI is InChI=1S/C13H12ClN3OS/c14-12-11-8(3-4-15-12)6-10(17-11)13(18)16-7-9-2-1-5-19-9/h1-5,10,17H,6-7H2,(H,16,18). The van der Waals surface area contributed by atoms with Crippen LogP contribution in [0.5, 0.6) is 0 Å². The summed E-state index contributed by atoms with van der Waals surface area (Å²) >= 11 is 7.63. The van der Waals surface area contributed by atoms with Gasteiger partial charge >= 0.3 is 0 Å². The molecular weight excluding hydrogens is 282 g/mol. The third kappa shape index (κ3) is 2.57. The van der Waals surface area contributed by atoms with E-state index < -0.39 is 0 Å². The summed E-state index contributed by atoms with van der Waals surface area (Å²) in [5, 5.41) is 8.48. The van der Waals surface area contributed by atoms with E-state index in [0.717, 1.165) is 16.1 Å². The van der Waals surface area contributed by atoms with Gasteiger partial charge in [-0.05, 0) is 23.1 Å². The van der Waals surface area contributed by atoms with E-state index in [9.17, 15) is 4.79 Å². The average Bonchev–Trinajstić information content (AvgIpc) is 3.05. The maximum Gasteiger partial charge on any atom is 0.243 e. The number of halogens is 1. The molecule has 0 saturated carbocycles. The van der Waals surface area contributed by atoms with Crippen LogP contribution in [0.15, 0.2) is 29.8 Å². The van der Waals surface area contributed by atoms with Crippen molar-refractivity contribution in [3.8, 4) is 0 Å². The molecule has 2 aromatic heterocycles. The van der Waals surface area contributed by atoms with Gasteiger partial charge in [-0.25, -0.2) is 4.98 Å². The van der Waals surface area contributed by atoms with Crippen molar-refractivity contribution in [2.75, 3.05) is 5.32 Å². The van der Waals surface area contributed by atoms with Crippen molar-refractivity contribution in [3.63, 3.8) is 0 Å². The van der Waals surface area contributed by atoms with Crippen LogP contribution in [-0.4, -0.2) is 16.9 Å². The number of nitrogens with one attached hydrogen (secondary N) is 2. The number of carbonyl (C=O) groups is 1. The van der Waals surface area contributed by atoms with E-state index in [4.69, 9.17) is 11.6 Å². The van der Waals surface area contributed by atoms with Gasteiger partial charge in [0.05, 0.1) is 12.2 Å². The topological polar surface area (TPSA) is 54.0 Å². The van der Waals surface area contributed by atoms with E-state index >= 15 is 0 Å². The van der Waals surface area contributed by atoms with Crippen molar-refractivity contribution in [2.45, 2.75) is 19.0 Å². The highest BCUT2D eigenvalue weighted by atomic mass is 35.5. The number of anilines is 1. The van der Waals surface area contributed by atoms with E-state index in [1.165, 1.54) is 0 Å². The third-order valence-corrected chi connectivity index (χ3v) is 4.23. The molecule has 4 nitrogen and oxygen atoms in total. The fourth-order valence-corrected chi connectivity index (χ4v) is 2.99.